The molecule has 0 radical (unpaired) electrons. The molecule has 1 N–H and O–H groups in total. The zero-order valence-electron chi connectivity index (χ0n) is 18.0. The Hall–Kier alpha value is -3.55. The first-order chi connectivity index (χ1) is 15.1. The summed E-state index contributed by atoms with van der Waals surface area (Å²) in [5, 5.41) is 3.97. The van der Waals surface area contributed by atoms with Crippen molar-refractivity contribution in [3.8, 4) is 17.2 Å². The molecule has 0 saturated carbocycles. The van der Waals surface area contributed by atoms with Crippen molar-refractivity contribution < 1.29 is 23.8 Å². The quantitative estimate of drug-likeness (QED) is 0.519. The third-order valence-electron chi connectivity index (χ3n) is 5.07. The van der Waals surface area contributed by atoms with Gasteiger partial charge in [-0.05, 0) is 36.6 Å². The SMILES string of the molecule is COc1cc(C=NNC(=O)CCC(=O)N2CCCc3ccccc32)cc(OC)c1OC. The Balaban J connectivity index is 1.55. The number of carbonyl (C=O) groups excluding carboxylic acids is 2. The van der Waals surface area contributed by atoms with Crippen LogP contribution in [-0.4, -0.2) is 45.9 Å². The first-order valence-corrected chi connectivity index (χ1v) is 10.1. The lowest BCUT2D eigenvalue weighted by atomic mass is 10.0. The number of aryl methyl sites for hydroxylation is 1. The van der Waals surface area contributed by atoms with Gasteiger partial charge in [0.15, 0.2) is 11.5 Å². The molecule has 8 heteroatoms. The highest BCUT2D eigenvalue weighted by Crippen LogP contribution is 2.37. The van der Waals surface area contributed by atoms with Gasteiger partial charge in [-0.3, -0.25) is 9.59 Å². The molecule has 0 aliphatic carbocycles. The van der Waals surface area contributed by atoms with Gasteiger partial charge in [0.2, 0.25) is 17.6 Å². The second-order valence-corrected chi connectivity index (χ2v) is 7.03. The summed E-state index contributed by atoms with van der Waals surface area (Å²) in [6.07, 6.45) is 3.55. The van der Waals surface area contributed by atoms with Gasteiger partial charge in [-0.15, -0.1) is 0 Å². The Morgan fingerprint density at radius 3 is 2.45 bits per heavy atom. The molecule has 2 aromatic carbocycles. The number of amides is 2. The summed E-state index contributed by atoms with van der Waals surface area (Å²) in [7, 11) is 4.58. The number of hydrazone groups is 1. The van der Waals surface area contributed by atoms with Crippen molar-refractivity contribution in [3.05, 3.63) is 47.5 Å². The minimum Gasteiger partial charge on any atom is -0.493 e. The van der Waals surface area contributed by atoms with Crippen LogP contribution in [0.1, 0.15) is 30.4 Å². The van der Waals surface area contributed by atoms with Crippen LogP contribution in [0.4, 0.5) is 5.69 Å². The number of methoxy groups -OCH3 is 3. The smallest absolute Gasteiger partial charge is 0.240 e. The molecule has 3 rings (SSSR count). The van der Waals surface area contributed by atoms with Crippen molar-refractivity contribution >= 4 is 23.7 Å². The monoisotopic (exact) mass is 425 g/mol. The number of nitrogens with one attached hydrogen (secondary N) is 1. The molecule has 31 heavy (non-hydrogen) atoms. The van der Waals surface area contributed by atoms with Gasteiger partial charge < -0.3 is 19.1 Å². The Kier molecular flexibility index (Phi) is 7.48. The summed E-state index contributed by atoms with van der Waals surface area (Å²) in [6, 6.07) is 11.3. The maximum atomic E-state index is 12.6. The highest BCUT2D eigenvalue weighted by molar-refractivity contribution is 5.96. The first kappa shape index (κ1) is 22.1. The maximum absolute atomic E-state index is 12.6. The molecule has 1 aliphatic heterocycles. The number of para-hydroxylation sites is 1. The fourth-order valence-corrected chi connectivity index (χ4v) is 3.56. The van der Waals surface area contributed by atoms with E-state index in [1.54, 1.807) is 17.0 Å². The fourth-order valence-electron chi connectivity index (χ4n) is 3.56. The molecule has 0 spiro atoms. The van der Waals surface area contributed by atoms with Gasteiger partial charge in [0.25, 0.3) is 0 Å². The van der Waals surface area contributed by atoms with Crippen molar-refractivity contribution in [2.24, 2.45) is 5.10 Å². The average molecular weight is 425 g/mol. The Morgan fingerprint density at radius 2 is 1.77 bits per heavy atom. The lowest BCUT2D eigenvalue weighted by molar-refractivity contribution is -0.125. The molecule has 164 valence electrons. The van der Waals surface area contributed by atoms with Gasteiger partial charge in [-0.25, -0.2) is 5.43 Å². The molecule has 0 atom stereocenters. The predicted octanol–water partition coefficient (Wildman–Crippen LogP) is 2.92. The molecule has 2 amide bonds. The zero-order valence-corrected chi connectivity index (χ0v) is 18.0. The van der Waals surface area contributed by atoms with Crippen LogP contribution in [0, 0.1) is 0 Å². The summed E-state index contributed by atoms with van der Waals surface area (Å²) < 4.78 is 15.9. The van der Waals surface area contributed by atoms with E-state index in [2.05, 4.69) is 10.5 Å². The lowest BCUT2D eigenvalue weighted by Crippen LogP contribution is -2.36. The third-order valence-corrected chi connectivity index (χ3v) is 5.07. The molecule has 0 saturated heterocycles. The standard InChI is InChI=1S/C23H27N3O5/c1-29-19-13-16(14-20(30-2)23(19)31-3)15-24-25-21(27)10-11-22(28)26-12-6-8-17-7-4-5-9-18(17)26/h4-5,7,9,13-15H,6,8,10-12H2,1-3H3,(H,25,27). The van der Waals surface area contributed by atoms with Crippen LogP contribution in [0.3, 0.4) is 0 Å². The Labute approximate surface area is 181 Å². The van der Waals surface area contributed by atoms with E-state index in [1.165, 1.54) is 33.1 Å². The molecule has 0 aromatic heterocycles. The van der Waals surface area contributed by atoms with Gasteiger partial charge in [-0.2, -0.15) is 5.10 Å². The maximum Gasteiger partial charge on any atom is 0.240 e. The number of nitrogens with zero attached hydrogens (tertiary/aromatic N) is 2. The summed E-state index contributed by atoms with van der Waals surface area (Å²) in [5.74, 6) is 1.06. The molecular formula is C23H27N3O5. The summed E-state index contributed by atoms with van der Waals surface area (Å²) in [5.41, 5.74) is 5.23. The molecule has 0 unspecified atom stereocenters. The number of fused-ring (bicyclic) bond motifs is 1. The van der Waals surface area contributed by atoms with Crippen molar-refractivity contribution in [2.75, 3.05) is 32.8 Å². The largest absolute Gasteiger partial charge is 0.493 e. The number of rotatable bonds is 8. The van der Waals surface area contributed by atoms with Crippen molar-refractivity contribution in [2.45, 2.75) is 25.7 Å². The van der Waals surface area contributed by atoms with E-state index >= 15 is 0 Å². The number of hydrogen-bond acceptors (Lipinski definition) is 6. The number of benzene rings is 2. The van der Waals surface area contributed by atoms with E-state index in [4.69, 9.17) is 14.2 Å². The number of ether oxygens (including phenoxy) is 3. The normalized spacial score (nSPS) is 12.9. The van der Waals surface area contributed by atoms with Gasteiger partial charge in [0.1, 0.15) is 0 Å². The van der Waals surface area contributed by atoms with E-state index in [9.17, 15) is 9.59 Å². The number of hydrogen-bond donors (Lipinski definition) is 1. The zero-order chi connectivity index (χ0) is 22.2. The van der Waals surface area contributed by atoms with Crippen LogP contribution in [0.15, 0.2) is 41.5 Å². The third kappa shape index (κ3) is 5.33. The fraction of sp³-hybridized carbons (Fsp3) is 0.348. The Morgan fingerprint density at radius 1 is 1.06 bits per heavy atom. The Bertz CT molecular complexity index is 948. The molecule has 8 nitrogen and oxygen atoms in total. The second-order valence-electron chi connectivity index (χ2n) is 7.03. The molecule has 0 fully saturated rings. The van der Waals surface area contributed by atoms with Gasteiger partial charge in [-0.1, -0.05) is 18.2 Å². The minimum atomic E-state index is -0.331. The van der Waals surface area contributed by atoms with Gasteiger partial charge >= 0.3 is 0 Å². The van der Waals surface area contributed by atoms with E-state index in [1.807, 2.05) is 24.3 Å². The highest BCUT2D eigenvalue weighted by Gasteiger charge is 2.22. The van der Waals surface area contributed by atoms with Crippen LogP contribution < -0.4 is 24.5 Å². The first-order valence-electron chi connectivity index (χ1n) is 10.1. The van der Waals surface area contributed by atoms with Crippen LogP contribution in [0.5, 0.6) is 17.2 Å². The van der Waals surface area contributed by atoms with Gasteiger partial charge in [0, 0.05) is 30.6 Å². The van der Waals surface area contributed by atoms with Gasteiger partial charge in [0.05, 0.1) is 27.5 Å². The number of anilines is 1. The minimum absolute atomic E-state index is 0.0593. The highest BCUT2D eigenvalue weighted by atomic mass is 16.5. The molecular weight excluding hydrogens is 398 g/mol. The van der Waals surface area contributed by atoms with E-state index in [0.717, 1.165) is 18.5 Å². The predicted molar refractivity (Wildman–Crippen MR) is 118 cm³/mol. The summed E-state index contributed by atoms with van der Waals surface area (Å²) in [4.78, 5) is 26.5. The molecule has 1 heterocycles. The van der Waals surface area contributed by atoms with Crippen LogP contribution in [-0.2, 0) is 16.0 Å². The van der Waals surface area contributed by atoms with Crippen molar-refractivity contribution in [1.29, 1.82) is 0 Å². The molecule has 1 aliphatic rings. The summed E-state index contributed by atoms with van der Waals surface area (Å²) in [6.45, 7) is 0.677. The number of carbonyl (C=O) groups is 2. The molecule has 0 bridgehead atoms. The second kappa shape index (κ2) is 10.5. The summed E-state index contributed by atoms with van der Waals surface area (Å²) >= 11 is 0. The molecule has 2 aromatic rings. The average Bonchev–Trinajstić information content (AvgIpc) is 2.81. The lowest BCUT2D eigenvalue weighted by Gasteiger charge is -2.29. The van der Waals surface area contributed by atoms with E-state index < -0.39 is 0 Å². The van der Waals surface area contributed by atoms with Crippen molar-refractivity contribution in [1.82, 2.24) is 5.43 Å². The van der Waals surface area contributed by atoms with E-state index in [0.29, 0.717) is 29.4 Å². The van der Waals surface area contributed by atoms with Crippen LogP contribution in [0.2, 0.25) is 0 Å². The van der Waals surface area contributed by atoms with E-state index in [-0.39, 0.29) is 24.7 Å². The van der Waals surface area contributed by atoms with Crippen LogP contribution in [0.25, 0.3) is 0 Å². The topological polar surface area (TPSA) is 89.5 Å². The van der Waals surface area contributed by atoms with Crippen LogP contribution >= 0.6 is 0 Å². The van der Waals surface area contributed by atoms with Crippen molar-refractivity contribution in [3.63, 3.8) is 0 Å².